The second-order valence-corrected chi connectivity index (χ2v) is 21.8. The molecule has 4 aromatic carbocycles. The summed E-state index contributed by atoms with van der Waals surface area (Å²) in [4.78, 5) is 13.5. The smallest absolute Gasteiger partial charge is 0.246 e. The van der Waals surface area contributed by atoms with E-state index < -0.39 is 43.3 Å². The number of halogens is 6. The van der Waals surface area contributed by atoms with Crippen molar-refractivity contribution in [1.29, 1.82) is 0 Å². The average molecular weight is 1090 g/mol. The van der Waals surface area contributed by atoms with E-state index in [-0.39, 0.29) is 9.79 Å². The van der Waals surface area contributed by atoms with Gasteiger partial charge in [0, 0.05) is 91.0 Å². The van der Waals surface area contributed by atoms with E-state index in [9.17, 15) is 34.4 Å². The van der Waals surface area contributed by atoms with Crippen molar-refractivity contribution in [3.05, 3.63) is 138 Å². The van der Waals surface area contributed by atoms with Crippen LogP contribution in [0.15, 0.2) is 102 Å². The number of piperazine rings is 2. The summed E-state index contributed by atoms with van der Waals surface area (Å²) in [5.74, 6) is -2.38. The van der Waals surface area contributed by atoms with Crippen LogP contribution in [0.25, 0.3) is 0 Å². The molecule has 2 aliphatic rings. The van der Waals surface area contributed by atoms with Crippen molar-refractivity contribution in [2.24, 2.45) is 0 Å². The maximum atomic E-state index is 13.4. The first-order valence-electron chi connectivity index (χ1n) is 19.5. The van der Waals surface area contributed by atoms with Gasteiger partial charge in [-0.15, -0.1) is 22.7 Å². The second-order valence-electron chi connectivity index (χ2n) is 14.5. The fourth-order valence-electron chi connectivity index (χ4n) is 7.05. The number of hydrogen-bond donors (Lipinski definition) is 0. The normalized spacial score (nSPS) is 15.2. The molecule has 2 aromatic heterocycles. The standard InChI is InChI=1S/2C21H20BrF2N3O3S2/c1-30-19-5-3-15(22)12-20(19)32(28,29)27-8-6-26(7-9-27)21-25-16(13-31-21)10-14-2-4-17(23)18(24)11-14;1-30-19-3-2-15(22)11-20(19)32(28,29)27-6-4-26(5-7-27)21-25-18(13-31-21)10-14-8-16(23)12-17(24)9-14/h2-5,11-13H,6-10H2,1H3;2-3,8-9,11-13H,4-7,10H2,1H3. The zero-order valence-electron chi connectivity index (χ0n) is 34.2. The number of rotatable bonds is 12. The zero-order valence-corrected chi connectivity index (χ0v) is 40.6. The molecule has 0 unspecified atom stereocenters. The van der Waals surface area contributed by atoms with Crippen LogP contribution in [0.4, 0.5) is 27.8 Å². The van der Waals surface area contributed by atoms with Gasteiger partial charge in [0.2, 0.25) is 20.0 Å². The van der Waals surface area contributed by atoms with E-state index in [1.807, 2.05) is 20.6 Å². The Morgan fingerprint density at radius 3 is 1.42 bits per heavy atom. The van der Waals surface area contributed by atoms with Crippen LogP contribution in [0.5, 0.6) is 11.5 Å². The van der Waals surface area contributed by atoms with E-state index >= 15 is 0 Å². The molecule has 0 spiro atoms. The second kappa shape index (κ2) is 20.6. The Balaban J connectivity index is 0.000000191. The van der Waals surface area contributed by atoms with E-state index in [2.05, 4.69) is 41.8 Å². The quantitative estimate of drug-likeness (QED) is 0.110. The molecule has 2 saturated heterocycles. The summed E-state index contributed by atoms with van der Waals surface area (Å²) in [6.45, 7) is 3.20. The Bertz CT molecular complexity index is 2820. The molecule has 0 radical (unpaired) electrons. The average Bonchev–Trinajstić information content (AvgIpc) is 3.95. The zero-order chi connectivity index (χ0) is 45.8. The summed E-state index contributed by atoms with van der Waals surface area (Å²) in [7, 11) is -4.53. The minimum atomic E-state index is -3.71. The molecular formula is C42H40Br2F4N6O6S4. The third-order valence-corrected chi connectivity index (χ3v) is 17.0. The summed E-state index contributed by atoms with van der Waals surface area (Å²) >= 11 is 9.52. The molecule has 64 heavy (non-hydrogen) atoms. The van der Waals surface area contributed by atoms with Crippen molar-refractivity contribution in [2.75, 3.05) is 76.4 Å². The summed E-state index contributed by atoms with van der Waals surface area (Å²) in [6, 6.07) is 17.0. The predicted molar refractivity (Wildman–Crippen MR) is 246 cm³/mol. The van der Waals surface area contributed by atoms with Gasteiger partial charge in [0.05, 0.1) is 25.6 Å². The highest BCUT2D eigenvalue weighted by molar-refractivity contribution is 9.10. The van der Waals surface area contributed by atoms with Crippen molar-refractivity contribution in [1.82, 2.24) is 18.6 Å². The fourth-order valence-corrected chi connectivity index (χ4v) is 13.0. The number of hydrogen-bond acceptors (Lipinski definition) is 12. The van der Waals surface area contributed by atoms with Gasteiger partial charge in [-0.05, 0) is 71.8 Å². The lowest BCUT2D eigenvalue weighted by molar-refractivity contribution is 0.373. The van der Waals surface area contributed by atoms with Gasteiger partial charge in [0.25, 0.3) is 0 Å². The lowest BCUT2D eigenvalue weighted by Gasteiger charge is -2.34. The Morgan fingerprint density at radius 1 is 0.562 bits per heavy atom. The minimum absolute atomic E-state index is 0.127. The Morgan fingerprint density at radius 2 is 1.00 bits per heavy atom. The number of ether oxygens (including phenoxy) is 2. The van der Waals surface area contributed by atoms with Gasteiger partial charge in [-0.3, -0.25) is 0 Å². The first kappa shape index (κ1) is 47.8. The molecule has 2 aliphatic heterocycles. The van der Waals surface area contributed by atoms with Crippen molar-refractivity contribution in [3.8, 4) is 11.5 Å². The molecule has 0 N–H and O–H groups in total. The number of methoxy groups -OCH3 is 2. The summed E-state index contributed by atoms with van der Waals surface area (Å²) in [5, 5.41) is 5.27. The molecule has 0 saturated carbocycles. The molecule has 0 aliphatic carbocycles. The highest BCUT2D eigenvalue weighted by Gasteiger charge is 2.33. The minimum Gasteiger partial charge on any atom is -0.495 e. The summed E-state index contributed by atoms with van der Waals surface area (Å²) in [6.07, 6.45) is 0.715. The molecule has 22 heteroatoms. The first-order valence-corrected chi connectivity index (χ1v) is 25.7. The number of nitrogens with zero attached hydrogens (tertiary/aromatic N) is 6. The van der Waals surface area contributed by atoms with E-state index in [1.165, 1.54) is 69.8 Å². The van der Waals surface area contributed by atoms with Crippen LogP contribution in [0, 0.1) is 23.3 Å². The third-order valence-electron chi connectivity index (χ3n) is 10.3. The van der Waals surface area contributed by atoms with Crippen LogP contribution in [0.2, 0.25) is 0 Å². The number of benzene rings is 4. The van der Waals surface area contributed by atoms with Gasteiger partial charge >= 0.3 is 0 Å². The maximum absolute atomic E-state index is 13.4. The van der Waals surface area contributed by atoms with Gasteiger partial charge in [-0.2, -0.15) is 8.61 Å². The number of thiazole rings is 2. The summed E-state index contributed by atoms with van der Waals surface area (Å²) in [5.41, 5.74) is 2.62. The van der Waals surface area contributed by atoms with Gasteiger partial charge in [-0.1, -0.05) is 37.9 Å². The molecule has 0 atom stereocenters. The maximum Gasteiger partial charge on any atom is 0.246 e. The SMILES string of the molecule is COc1ccc(Br)cc1S(=O)(=O)N1CCN(c2nc(Cc3cc(F)cc(F)c3)cs2)CC1.COc1ccc(Br)cc1S(=O)(=O)N1CCN(c2nc(Cc3ccc(F)c(F)c3)cs2)CC1. The Kier molecular flexibility index (Phi) is 15.4. The highest BCUT2D eigenvalue weighted by atomic mass is 79.9. The van der Waals surface area contributed by atoms with E-state index in [0.717, 1.165) is 28.1 Å². The number of sulfonamides is 2. The Hall–Kier alpha value is -4.16. The molecule has 0 amide bonds. The first-order chi connectivity index (χ1) is 30.5. The third kappa shape index (κ3) is 11.3. The largest absolute Gasteiger partial charge is 0.495 e. The van der Waals surface area contributed by atoms with Crippen LogP contribution >= 0.6 is 54.5 Å². The lowest BCUT2D eigenvalue weighted by Crippen LogP contribution is -2.48. The van der Waals surface area contributed by atoms with Crippen LogP contribution in [0.1, 0.15) is 22.5 Å². The molecule has 0 bridgehead atoms. The van der Waals surface area contributed by atoms with Crippen LogP contribution in [-0.4, -0.2) is 102 Å². The van der Waals surface area contributed by atoms with E-state index in [4.69, 9.17) is 9.47 Å². The van der Waals surface area contributed by atoms with Crippen molar-refractivity contribution >= 4 is 84.8 Å². The van der Waals surface area contributed by atoms with E-state index in [0.29, 0.717) is 102 Å². The fraction of sp³-hybridized carbons (Fsp3) is 0.286. The van der Waals surface area contributed by atoms with Crippen LogP contribution in [0.3, 0.4) is 0 Å². The van der Waals surface area contributed by atoms with Gasteiger partial charge in [0.1, 0.15) is 32.9 Å². The van der Waals surface area contributed by atoms with Crippen LogP contribution < -0.4 is 19.3 Å². The van der Waals surface area contributed by atoms with Crippen molar-refractivity contribution in [2.45, 2.75) is 22.6 Å². The molecular weight excluding hydrogens is 1050 g/mol. The molecule has 4 heterocycles. The monoisotopic (exact) mass is 1090 g/mol. The molecule has 340 valence electrons. The molecule has 2 fully saturated rings. The molecule has 6 aromatic rings. The summed E-state index contributed by atoms with van der Waals surface area (Å²) < 4.78 is 121. The van der Waals surface area contributed by atoms with Gasteiger partial charge in [0.15, 0.2) is 21.9 Å². The topological polar surface area (TPSA) is 125 Å². The Labute approximate surface area is 393 Å². The lowest BCUT2D eigenvalue weighted by atomic mass is 10.1. The van der Waals surface area contributed by atoms with Gasteiger partial charge in [-0.25, -0.2) is 44.4 Å². The predicted octanol–water partition coefficient (Wildman–Crippen LogP) is 8.59. The number of aromatic nitrogens is 2. The van der Waals surface area contributed by atoms with Crippen molar-refractivity contribution in [3.63, 3.8) is 0 Å². The van der Waals surface area contributed by atoms with E-state index in [1.54, 1.807) is 36.4 Å². The number of anilines is 2. The molecule has 12 nitrogen and oxygen atoms in total. The molecule has 8 rings (SSSR count). The van der Waals surface area contributed by atoms with Crippen LogP contribution in [-0.2, 0) is 32.9 Å². The van der Waals surface area contributed by atoms with Gasteiger partial charge < -0.3 is 19.3 Å². The highest BCUT2D eigenvalue weighted by Crippen LogP contribution is 2.33. The van der Waals surface area contributed by atoms with Crippen molar-refractivity contribution < 1.29 is 43.9 Å².